The predicted molar refractivity (Wildman–Crippen MR) is 55.2 cm³/mol. The Kier molecular flexibility index (Phi) is 2.84. The molecule has 0 amide bonds. The van der Waals surface area contributed by atoms with Gasteiger partial charge in [0.05, 0.1) is 11.6 Å². The van der Waals surface area contributed by atoms with Gasteiger partial charge in [0.15, 0.2) is 0 Å². The smallest absolute Gasteiger partial charge is 0.214 e. The number of nitrogens with zero attached hydrogens (tertiary/aromatic N) is 2. The van der Waals surface area contributed by atoms with Crippen molar-refractivity contribution in [2.45, 2.75) is 31.4 Å². The van der Waals surface area contributed by atoms with Crippen molar-refractivity contribution in [3.05, 3.63) is 23.9 Å². The lowest BCUT2D eigenvalue weighted by molar-refractivity contribution is 0.199. The third kappa shape index (κ3) is 2.45. The van der Waals surface area contributed by atoms with E-state index in [0.717, 1.165) is 19.3 Å². The molecular formula is C11H13N3O. The fourth-order valence-electron chi connectivity index (χ4n) is 1.79. The average Bonchev–Trinajstić information content (AvgIpc) is 2.64. The minimum atomic E-state index is 0.154. The Labute approximate surface area is 88.7 Å². The molecule has 1 aliphatic carbocycles. The van der Waals surface area contributed by atoms with Crippen LogP contribution in [0.3, 0.4) is 0 Å². The van der Waals surface area contributed by atoms with Gasteiger partial charge in [0.1, 0.15) is 6.10 Å². The molecule has 2 atom stereocenters. The Bertz CT molecular complexity index is 386. The Morgan fingerprint density at radius 1 is 1.53 bits per heavy atom. The lowest BCUT2D eigenvalue weighted by Crippen LogP contribution is -2.19. The normalized spacial score (nSPS) is 24.8. The standard InChI is InChI=1S/C11H13N3O/c12-7-8-3-4-14-11(5-8)15-10-2-1-9(13)6-10/h3-5,9-10H,1-2,6,13H2. The van der Waals surface area contributed by atoms with Gasteiger partial charge in [-0.25, -0.2) is 4.98 Å². The van der Waals surface area contributed by atoms with Crippen molar-refractivity contribution in [1.82, 2.24) is 4.98 Å². The summed E-state index contributed by atoms with van der Waals surface area (Å²) in [4.78, 5) is 4.06. The highest BCUT2D eigenvalue weighted by atomic mass is 16.5. The van der Waals surface area contributed by atoms with E-state index in [1.54, 1.807) is 18.3 Å². The van der Waals surface area contributed by atoms with Crippen molar-refractivity contribution in [2.75, 3.05) is 0 Å². The molecule has 2 rings (SSSR count). The summed E-state index contributed by atoms with van der Waals surface area (Å²) in [7, 11) is 0. The summed E-state index contributed by atoms with van der Waals surface area (Å²) < 4.78 is 5.65. The zero-order valence-corrected chi connectivity index (χ0v) is 8.39. The molecule has 0 spiro atoms. The summed E-state index contributed by atoms with van der Waals surface area (Å²) in [5, 5.41) is 8.71. The highest BCUT2D eigenvalue weighted by Crippen LogP contribution is 2.22. The summed E-state index contributed by atoms with van der Waals surface area (Å²) in [5.74, 6) is 0.521. The number of rotatable bonds is 2. The van der Waals surface area contributed by atoms with E-state index in [1.807, 2.05) is 0 Å². The number of hydrogen-bond acceptors (Lipinski definition) is 4. The quantitative estimate of drug-likeness (QED) is 0.784. The highest BCUT2D eigenvalue weighted by molar-refractivity contribution is 5.31. The Morgan fingerprint density at radius 2 is 2.40 bits per heavy atom. The molecule has 78 valence electrons. The van der Waals surface area contributed by atoms with Gasteiger partial charge in [0, 0.05) is 18.3 Å². The molecule has 15 heavy (non-hydrogen) atoms. The summed E-state index contributed by atoms with van der Waals surface area (Å²) in [5.41, 5.74) is 6.35. The molecule has 1 saturated carbocycles. The molecule has 4 heteroatoms. The Hall–Kier alpha value is -1.60. The molecule has 1 fully saturated rings. The van der Waals surface area contributed by atoms with Gasteiger partial charge in [0.2, 0.25) is 5.88 Å². The molecular weight excluding hydrogens is 190 g/mol. The molecule has 0 bridgehead atoms. The first-order chi connectivity index (χ1) is 7.28. The maximum Gasteiger partial charge on any atom is 0.214 e. The summed E-state index contributed by atoms with van der Waals surface area (Å²) in [6.07, 6.45) is 4.59. The van der Waals surface area contributed by atoms with Crippen LogP contribution < -0.4 is 10.5 Å². The van der Waals surface area contributed by atoms with Crippen LogP contribution in [0.25, 0.3) is 0 Å². The van der Waals surface area contributed by atoms with Crippen molar-refractivity contribution in [2.24, 2.45) is 5.73 Å². The van der Waals surface area contributed by atoms with Crippen LogP contribution in [0.2, 0.25) is 0 Å². The van der Waals surface area contributed by atoms with Crippen molar-refractivity contribution in [3.8, 4) is 11.9 Å². The van der Waals surface area contributed by atoms with E-state index < -0.39 is 0 Å². The van der Waals surface area contributed by atoms with Gasteiger partial charge in [-0.05, 0) is 25.3 Å². The molecule has 1 aliphatic rings. The van der Waals surface area contributed by atoms with Crippen LogP contribution in [0.5, 0.6) is 5.88 Å². The fourth-order valence-corrected chi connectivity index (χ4v) is 1.79. The third-order valence-corrected chi connectivity index (χ3v) is 2.58. The maximum absolute atomic E-state index is 8.71. The first-order valence-electron chi connectivity index (χ1n) is 5.06. The van der Waals surface area contributed by atoms with Crippen LogP contribution in [-0.2, 0) is 0 Å². The molecule has 0 aliphatic heterocycles. The zero-order chi connectivity index (χ0) is 10.7. The topological polar surface area (TPSA) is 71.9 Å². The molecule has 1 heterocycles. The average molecular weight is 203 g/mol. The Balaban J connectivity index is 2.02. The molecule has 0 aromatic carbocycles. The van der Waals surface area contributed by atoms with Gasteiger partial charge in [-0.15, -0.1) is 0 Å². The summed E-state index contributed by atoms with van der Waals surface area (Å²) in [6, 6.07) is 5.62. The molecule has 1 aromatic heterocycles. The fraction of sp³-hybridized carbons (Fsp3) is 0.455. The zero-order valence-electron chi connectivity index (χ0n) is 8.39. The Morgan fingerprint density at radius 3 is 3.07 bits per heavy atom. The SMILES string of the molecule is N#Cc1ccnc(OC2CCC(N)C2)c1. The first-order valence-corrected chi connectivity index (χ1v) is 5.06. The first kappa shape index (κ1) is 9.94. The minimum absolute atomic E-state index is 0.154. The van der Waals surface area contributed by atoms with Gasteiger partial charge in [0.25, 0.3) is 0 Å². The van der Waals surface area contributed by atoms with Gasteiger partial charge < -0.3 is 10.5 Å². The van der Waals surface area contributed by atoms with E-state index in [1.165, 1.54) is 0 Å². The molecule has 4 nitrogen and oxygen atoms in total. The van der Waals surface area contributed by atoms with Crippen molar-refractivity contribution >= 4 is 0 Å². The number of aromatic nitrogens is 1. The van der Waals surface area contributed by atoms with Gasteiger partial charge in [-0.1, -0.05) is 0 Å². The second-order valence-electron chi connectivity index (χ2n) is 3.81. The molecule has 2 N–H and O–H groups in total. The number of nitriles is 1. The van der Waals surface area contributed by atoms with Gasteiger partial charge >= 0.3 is 0 Å². The molecule has 0 saturated heterocycles. The largest absolute Gasteiger partial charge is 0.474 e. The van der Waals surface area contributed by atoms with E-state index >= 15 is 0 Å². The van der Waals surface area contributed by atoms with E-state index in [2.05, 4.69) is 11.1 Å². The lowest BCUT2D eigenvalue weighted by atomic mass is 10.3. The van der Waals surface area contributed by atoms with E-state index in [4.69, 9.17) is 15.7 Å². The van der Waals surface area contributed by atoms with Crippen molar-refractivity contribution in [1.29, 1.82) is 5.26 Å². The van der Waals surface area contributed by atoms with Crippen LogP contribution in [-0.4, -0.2) is 17.1 Å². The molecule has 1 aromatic rings. The van der Waals surface area contributed by atoms with Crippen LogP contribution in [0.4, 0.5) is 0 Å². The molecule has 0 radical (unpaired) electrons. The molecule has 2 unspecified atom stereocenters. The third-order valence-electron chi connectivity index (χ3n) is 2.58. The van der Waals surface area contributed by atoms with Crippen molar-refractivity contribution in [3.63, 3.8) is 0 Å². The monoisotopic (exact) mass is 203 g/mol. The van der Waals surface area contributed by atoms with Crippen LogP contribution in [0.1, 0.15) is 24.8 Å². The van der Waals surface area contributed by atoms with Gasteiger partial charge in [-0.3, -0.25) is 0 Å². The number of ether oxygens (including phenoxy) is 1. The lowest BCUT2D eigenvalue weighted by Gasteiger charge is -2.11. The number of nitrogens with two attached hydrogens (primary N) is 1. The number of pyridine rings is 1. The van der Waals surface area contributed by atoms with E-state index in [-0.39, 0.29) is 12.1 Å². The van der Waals surface area contributed by atoms with Crippen LogP contribution in [0.15, 0.2) is 18.3 Å². The number of hydrogen-bond donors (Lipinski definition) is 1. The minimum Gasteiger partial charge on any atom is -0.474 e. The second kappa shape index (κ2) is 4.28. The van der Waals surface area contributed by atoms with Crippen molar-refractivity contribution < 1.29 is 4.74 Å². The summed E-state index contributed by atoms with van der Waals surface area (Å²) >= 11 is 0. The van der Waals surface area contributed by atoms with Crippen LogP contribution >= 0.6 is 0 Å². The van der Waals surface area contributed by atoms with Crippen LogP contribution in [0, 0.1) is 11.3 Å². The van der Waals surface area contributed by atoms with Gasteiger partial charge in [-0.2, -0.15) is 5.26 Å². The van der Waals surface area contributed by atoms with E-state index in [9.17, 15) is 0 Å². The second-order valence-corrected chi connectivity index (χ2v) is 3.81. The van der Waals surface area contributed by atoms with E-state index in [0.29, 0.717) is 11.4 Å². The summed E-state index contributed by atoms with van der Waals surface area (Å²) in [6.45, 7) is 0. The highest BCUT2D eigenvalue weighted by Gasteiger charge is 2.23. The predicted octanol–water partition coefficient (Wildman–Crippen LogP) is 1.21. The maximum atomic E-state index is 8.71.